The van der Waals surface area contributed by atoms with Gasteiger partial charge < -0.3 is 5.11 Å². The second-order valence-electron chi connectivity index (χ2n) is 4.24. The molecule has 2 aromatic rings. The molecule has 20 heavy (non-hydrogen) atoms. The first-order chi connectivity index (χ1) is 9.32. The molecule has 104 valence electrons. The second kappa shape index (κ2) is 5.26. The Bertz CT molecular complexity index is 767. The van der Waals surface area contributed by atoms with Crippen LogP contribution < -0.4 is 0 Å². The summed E-state index contributed by atoms with van der Waals surface area (Å²) in [7, 11) is -3.52. The smallest absolute Gasteiger partial charge is 0.337 e. The van der Waals surface area contributed by atoms with Crippen LogP contribution in [0.3, 0.4) is 0 Å². The van der Waals surface area contributed by atoms with Crippen molar-refractivity contribution in [1.29, 1.82) is 0 Å². The summed E-state index contributed by atoms with van der Waals surface area (Å²) in [5.74, 6) is -1.20. The van der Waals surface area contributed by atoms with Crippen molar-refractivity contribution in [3.63, 3.8) is 0 Å². The summed E-state index contributed by atoms with van der Waals surface area (Å²) < 4.78 is 23.7. The van der Waals surface area contributed by atoms with Crippen LogP contribution in [0, 0.1) is 0 Å². The van der Waals surface area contributed by atoms with E-state index in [2.05, 4.69) is 0 Å². The minimum absolute atomic E-state index is 0.0127. The molecular weight excluding hydrogens is 300 g/mol. The summed E-state index contributed by atoms with van der Waals surface area (Å²) in [5.41, 5.74) is 0.647. The Hall–Kier alpha value is -1.85. The Kier molecular flexibility index (Phi) is 3.83. The first kappa shape index (κ1) is 14.6. The van der Waals surface area contributed by atoms with Gasteiger partial charge in [-0.15, -0.1) is 0 Å². The topological polar surface area (TPSA) is 71.4 Å². The van der Waals surface area contributed by atoms with Gasteiger partial charge in [0.1, 0.15) is 0 Å². The zero-order chi connectivity index (χ0) is 14.9. The third kappa shape index (κ3) is 2.69. The van der Waals surface area contributed by atoms with Crippen LogP contribution >= 0.6 is 11.6 Å². The van der Waals surface area contributed by atoms with Crippen LogP contribution in [0.2, 0.25) is 5.02 Å². The van der Waals surface area contributed by atoms with E-state index in [1.165, 1.54) is 12.1 Å². The van der Waals surface area contributed by atoms with Crippen molar-refractivity contribution in [2.24, 2.45) is 0 Å². The van der Waals surface area contributed by atoms with E-state index < -0.39 is 15.8 Å². The number of sulfone groups is 1. The summed E-state index contributed by atoms with van der Waals surface area (Å²) >= 11 is 6.10. The minimum atomic E-state index is -3.52. The Morgan fingerprint density at radius 1 is 1.10 bits per heavy atom. The van der Waals surface area contributed by atoms with E-state index in [-0.39, 0.29) is 21.0 Å². The largest absolute Gasteiger partial charge is 0.478 e. The Balaban J connectivity index is 2.87. The lowest BCUT2D eigenvalue weighted by molar-refractivity contribution is 0.0697. The van der Waals surface area contributed by atoms with Crippen molar-refractivity contribution < 1.29 is 18.3 Å². The predicted octanol–water partition coefficient (Wildman–Crippen LogP) is 3.11. The quantitative estimate of drug-likeness (QED) is 0.945. The molecule has 0 unspecified atom stereocenters. The number of carbonyl (C=O) groups is 1. The van der Waals surface area contributed by atoms with Crippen LogP contribution in [-0.2, 0) is 9.84 Å². The molecule has 0 saturated carbocycles. The van der Waals surface area contributed by atoms with Crippen molar-refractivity contribution in [3.05, 3.63) is 53.1 Å². The van der Waals surface area contributed by atoms with E-state index in [0.717, 1.165) is 6.26 Å². The van der Waals surface area contributed by atoms with E-state index in [0.29, 0.717) is 5.56 Å². The molecule has 0 heterocycles. The number of rotatable bonds is 3. The lowest BCUT2D eigenvalue weighted by Crippen LogP contribution is -2.05. The molecule has 0 amide bonds. The summed E-state index contributed by atoms with van der Waals surface area (Å²) in [4.78, 5) is 11.1. The highest BCUT2D eigenvalue weighted by Crippen LogP contribution is 2.36. The molecule has 0 aliphatic carbocycles. The molecule has 6 heteroatoms. The van der Waals surface area contributed by atoms with Gasteiger partial charge in [-0.05, 0) is 17.7 Å². The fourth-order valence-electron chi connectivity index (χ4n) is 1.91. The SMILES string of the molecule is CS(=O)(=O)c1ccc(C(=O)O)c(Cl)c1-c1ccccc1. The summed E-state index contributed by atoms with van der Waals surface area (Å²) in [5, 5.41) is 9.02. The highest BCUT2D eigenvalue weighted by molar-refractivity contribution is 7.90. The van der Waals surface area contributed by atoms with Crippen molar-refractivity contribution in [2.75, 3.05) is 6.26 Å². The average molecular weight is 311 g/mol. The van der Waals surface area contributed by atoms with Crippen LogP contribution in [0.5, 0.6) is 0 Å². The van der Waals surface area contributed by atoms with Gasteiger partial charge in [0.05, 0.1) is 15.5 Å². The van der Waals surface area contributed by atoms with Crippen LogP contribution in [-0.4, -0.2) is 25.7 Å². The summed E-state index contributed by atoms with van der Waals surface area (Å²) in [6, 6.07) is 11.1. The van der Waals surface area contributed by atoms with Gasteiger partial charge in [0.15, 0.2) is 9.84 Å². The average Bonchev–Trinajstić information content (AvgIpc) is 2.37. The molecule has 0 aliphatic rings. The number of aromatic carboxylic acids is 1. The Morgan fingerprint density at radius 3 is 2.20 bits per heavy atom. The minimum Gasteiger partial charge on any atom is -0.478 e. The lowest BCUT2D eigenvalue weighted by Gasteiger charge is -2.12. The normalized spacial score (nSPS) is 11.3. The Labute approximate surface area is 121 Å². The molecule has 0 spiro atoms. The molecule has 0 aromatic heterocycles. The number of hydrogen-bond donors (Lipinski definition) is 1. The molecule has 2 aromatic carbocycles. The third-order valence-electron chi connectivity index (χ3n) is 2.80. The highest BCUT2D eigenvalue weighted by atomic mass is 35.5. The van der Waals surface area contributed by atoms with Gasteiger partial charge in [-0.1, -0.05) is 41.9 Å². The van der Waals surface area contributed by atoms with Crippen molar-refractivity contribution in [1.82, 2.24) is 0 Å². The zero-order valence-corrected chi connectivity index (χ0v) is 12.1. The standard InChI is InChI=1S/C14H11ClO4S/c1-20(18,19)11-8-7-10(14(16)17)13(15)12(11)9-5-3-2-4-6-9/h2-8H,1H3,(H,16,17). The molecule has 0 atom stereocenters. The number of hydrogen-bond acceptors (Lipinski definition) is 3. The summed E-state index contributed by atoms with van der Waals surface area (Å²) in [6.07, 6.45) is 1.06. The van der Waals surface area contributed by atoms with Gasteiger partial charge >= 0.3 is 5.97 Å². The number of benzene rings is 2. The molecule has 0 fully saturated rings. The van der Waals surface area contributed by atoms with Crippen molar-refractivity contribution in [2.45, 2.75) is 4.90 Å². The van der Waals surface area contributed by atoms with Gasteiger partial charge in [0.25, 0.3) is 0 Å². The van der Waals surface area contributed by atoms with Gasteiger partial charge in [0, 0.05) is 11.8 Å². The van der Waals surface area contributed by atoms with Crippen molar-refractivity contribution >= 4 is 27.4 Å². The fraction of sp³-hybridized carbons (Fsp3) is 0.0714. The van der Waals surface area contributed by atoms with Gasteiger partial charge in [0.2, 0.25) is 0 Å². The maximum absolute atomic E-state index is 11.9. The van der Waals surface area contributed by atoms with E-state index in [1.807, 2.05) is 0 Å². The zero-order valence-electron chi connectivity index (χ0n) is 10.5. The van der Waals surface area contributed by atoms with Crippen LogP contribution in [0.1, 0.15) is 10.4 Å². The maximum atomic E-state index is 11.9. The fourth-order valence-corrected chi connectivity index (χ4v) is 3.22. The second-order valence-corrected chi connectivity index (χ2v) is 6.61. The van der Waals surface area contributed by atoms with Gasteiger partial charge in [-0.2, -0.15) is 0 Å². The Morgan fingerprint density at radius 2 is 1.70 bits per heavy atom. The van der Waals surface area contributed by atoms with Gasteiger partial charge in [-0.25, -0.2) is 13.2 Å². The van der Waals surface area contributed by atoms with Crippen LogP contribution in [0.15, 0.2) is 47.4 Å². The molecule has 0 aliphatic heterocycles. The van der Waals surface area contributed by atoms with Crippen LogP contribution in [0.25, 0.3) is 11.1 Å². The third-order valence-corrected chi connectivity index (χ3v) is 4.33. The van der Waals surface area contributed by atoms with E-state index >= 15 is 0 Å². The molecule has 0 radical (unpaired) electrons. The molecule has 1 N–H and O–H groups in total. The van der Waals surface area contributed by atoms with Crippen LogP contribution in [0.4, 0.5) is 0 Å². The molecule has 0 saturated heterocycles. The molecule has 2 rings (SSSR count). The number of carboxylic acid groups (broad SMARTS) is 1. The first-order valence-electron chi connectivity index (χ1n) is 5.63. The molecule has 4 nitrogen and oxygen atoms in total. The number of halogens is 1. The van der Waals surface area contributed by atoms with E-state index in [9.17, 15) is 13.2 Å². The predicted molar refractivity (Wildman–Crippen MR) is 77.0 cm³/mol. The highest BCUT2D eigenvalue weighted by Gasteiger charge is 2.22. The monoisotopic (exact) mass is 310 g/mol. The number of carboxylic acids is 1. The lowest BCUT2D eigenvalue weighted by atomic mass is 10.0. The molecule has 0 bridgehead atoms. The maximum Gasteiger partial charge on any atom is 0.337 e. The van der Waals surface area contributed by atoms with Gasteiger partial charge in [-0.3, -0.25) is 0 Å². The van der Waals surface area contributed by atoms with E-state index in [4.69, 9.17) is 16.7 Å². The summed E-state index contributed by atoms with van der Waals surface area (Å²) in [6.45, 7) is 0. The van der Waals surface area contributed by atoms with E-state index in [1.54, 1.807) is 30.3 Å². The molecular formula is C14H11ClO4S. The van der Waals surface area contributed by atoms with Crippen molar-refractivity contribution in [3.8, 4) is 11.1 Å². The first-order valence-corrected chi connectivity index (χ1v) is 7.90.